The lowest BCUT2D eigenvalue weighted by molar-refractivity contribution is 0.0935. The number of hydrogen-bond donors (Lipinski definition) is 3. The molecule has 2 rings (SSSR count). The van der Waals surface area contributed by atoms with Gasteiger partial charge < -0.3 is 10.7 Å². The average Bonchev–Trinajstić information content (AvgIpc) is 2.83. The van der Waals surface area contributed by atoms with Crippen molar-refractivity contribution in [1.82, 2.24) is 10.3 Å². The maximum Gasteiger partial charge on any atom is 0.270 e. The molecule has 1 unspecified atom stereocenters. The van der Waals surface area contributed by atoms with Gasteiger partial charge in [-0.1, -0.05) is 0 Å². The summed E-state index contributed by atoms with van der Waals surface area (Å²) in [5.41, 5.74) is 3.51. The second-order valence-electron chi connectivity index (χ2n) is 4.67. The molecule has 20 heavy (non-hydrogen) atoms. The van der Waals surface area contributed by atoms with Crippen LogP contribution in [0.2, 0.25) is 0 Å². The molecule has 0 spiro atoms. The number of nitrogens with zero attached hydrogens (tertiary/aromatic N) is 1. The Bertz CT molecular complexity index is 596. The van der Waals surface area contributed by atoms with E-state index in [0.717, 1.165) is 6.42 Å². The van der Waals surface area contributed by atoms with Gasteiger partial charge in [0.2, 0.25) is 0 Å². The standard InChI is InChI=1S/C14H18N4OS/c1-9(7-12-4-3-10(2)20-12)17-14(19)13-8-11(18-15)5-6-16-13/h3-6,8-9H,7,15H2,1-2H3,(H,16,18)(H,17,19). The Morgan fingerprint density at radius 3 is 2.90 bits per heavy atom. The summed E-state index contributed by atoms with van der Waals surface area (Å²) < 4.78 is 0. The van der Waals surface area contributed by atoms with Crippen LogP contribution < -0.4 is 16.6 Å². The predicted octanol–water partition coefficient (Wildman–Crippen LogP) is 2.10. The predicted molar refractivity (Wildman–Crippen MR) is 81.7 cm³/mol. The maximum atomic E-state index is 12.1. The zero-order valence-corrected chi connectivity index (χ0v) is 12.3. The Balaban J connectivity index is 1.96. The molecule has 0 saturated carbocycles. The molecule has 2 aromatic rings. The molecule has 2 aromatic heterocycles. The minimum absolute atomic E-state index is 0.0526. The topological polar surface area (TPSA) is 80.0 Å². The number of nitrogens with one attached hydrogen (secondary N) is 2. The normalized spacial score (nSPS) is 11.9. The second kappa shape index (κ2) is 6.49. The third-order valence-corrected chi connectivity index (χ3v) is 3.86. The third kappa shape index (κ3) is 3.79. The van der Waals surface area contributed by atoms with Crippen LogP contribution in [-0.4, -0.2) is 16.9 Å². The van der Waals surface area contributed by atoms with Crippen LogP contribution >= 0.6 is 11.3 Å². The number of rotatable bonds is 5. The quantitative estimate of drug-likeness (QED) is 0.582. The van der Waals surface area contributed by atoms with E-state index >= 15 is 0 Å². The molecule has 0 saturated heterocycles. The molecule has 0 radical (unpaired) electrons. The highest BCUT2D eigenvalue weighted by Gasteiger charge is 2.12. The van der Waals surface area contributed by atoms with Crippen molar-refractivity contribution in [2.24, 2.45) is 5.84 Å². The lowest BCUT2D eigenvalue weighted by Gasteiger charge is -2.13. The van der Waals surface area contributed by atoms with Crippen molar-refractivity contribution in [2.45, 2.75) is 26.3 Å². The van der Waals surface area contributed by atoms with Crippen LogP contribution in [0.25, 0.3) is 0 Å². The Labute approximate surface area is 122 Å². The van der Waals surface area contributed by atoms with Crippen LogP contribution in [-0.2, 0) is 6.42 Å². The minimum Gasteiger partial charge on any atom is -0.348 e. The van der Waals surface area contributed by atoms with Gasteiger partial charge in [0.15, 0.2) is 0 Å². The van der Waals surface area contributed by atoms with Crippen molar-refractivity contribution in [3.63, 3.8) is 0 Å². The van der Waals surface area contributed by atoms with E-state index in [1.165, 1.54) is 9.75 Å². The molecule has 0 bridgehead atoms. The van der Waals surface area contributed by atoms with E-state index < -0.39 is 0 Å². The van der Waals surface area contributed by atoms with Crippen molar-refractivity contribution in [3.8, 4) is 0 Å². The summed E-state index contributed by atoms with van der Waals surface area (Å²) >= 11 is 1.75. The van der Waals surface area contributed by atoms with Gasteiger partial charge in [0.1, 0.15) is 5.69 Å². The lowest BCUT2D eigenvalue weighted by Crippen LogP contribution is -2.34. The van der Waals surface area contributed by atoms with Gasteiger partial charge in [0.25, 0.3) is 5.91 Å². The molecule has 0 aliphatic carbocycles. The van der Waals surface area contributed by atoms with E-state index in [0.29, 0.717) is 11.4 Å². The Morgan fingerprint density at radius 1 is 1.45 bits per heavy atom. The van der Waals surface area contributed by atoms with Crippen molar-refractivity contribution in [2.75, 3.05) is 5.43 Å². The Hall–Kier alpha value is -1.92. The van der Waals surface area contributed by atoms with E-state index in [1.807, 2.05) is 6.92 Å². The number of aromatic nitrogens is 1. The summed E-state index contributed by atoms with van der Waals surface area (Å²) in [6.45, 7) is 4.06. The molecule has 0 aliphatic heterocycles. The number of aryl methyl sites for hydroxylation is 1. The van der Waals surface area contributed by atoms with Crippen LogP contribution in [0.1, 0.15) is 27.2 Å². The molecule has 106 valence electrons. The minimum atomic E-state index is -0.192. The molecule has 4 N–H and O–H groups in total. The number of pyridine rings is 1. The molecule has 0 aliphatic rings. The van der Waals surface area contributed by atoms with Gasteiger partial charge >= 0.3 is 0 Å². The molecule has 2 heterocycles. The lowest BCUT2D eigenvalue weighted by atomic mass is 10.2. The van der Waals surface area contributed by atoms with Gasteiger partial charge in [-0.3, -0.25) is 15.6 Å². The first-order valence-electron chi connectivity index (χ1n) is 6.37. The third-order valence-electron chi connectivity index (χ3n) is 2.84. The molecule has 6 heteroatoms. The SMILES string of the molecule is Cc1ccc(CC(C)NC(=O)c2cc(NN)ccn2)s1. The van der Waals surface area contributed by atoms with Crippen LogP contribution in [0.5, 0.6) is 0 Å². The van der Waals surface area contributed by atoms with E-state index in [1.54, 1.807) is 29.7 Å². The van der Waals surface area contributed by atoms with Gasteiger partial charge in [-0.05, 0) is 38.1 Å². The summed E-state index contributed by atoms with van der Waals surface area (Å²) in [4.78, 5) is 18.7. The number of thiophene rings is 1. The zero-order chi connectivity index (χ0) is 14.5. The van der Waals surface area contributed by atoms with Crippen LogP contribution in [0.3, 0.4) is 0 Å². The summed E-state index contributed by atoms with van der Waals surface area (Å²) in [5, 5.41) is 2.94. The number of nitrogen functional groups attached to an aromatic ring is 1. The van der Waals surface area contributed by atoms with Crippen molar-refractivity contribution in [3.05, 3.63) is 45.9 Å². The van der Waals surface area contributed by atoms with Crippen LogP contribution in [0.4, 0.5) is 5.69 Å². The summed E-state index contributed by atoms with van der Waals surface area (Å²) in [6.07, 6.45) is 2.37. The number of amides is 1. The smallest absolute Gasteiger partial charge is 0.270 e. The second-order valence-corrected chi connectivity index (χ2v) is 6.04. The Morgan fingerprint density at radius 2 is 2.25 bits per heavy atom. The van der Waals surface area contributed by atoms with Crippen molar-refractivity contribution < 1.29 is 4.79 Å². The van der Waals surface area contributed by atoms with Crippen molar-refractivity contribution in [1.29, 1.82) is 0 Å². The van der Waals surface area contributed by atoms with E-state index in [4.69, 9.17) is 5.84 Å². The number of carbonyl (C=O) groups is 1. The fourth-order valence-corrected chi connectivity index (χ4v) is 2.91. The number of hydrazine groups is 1. The van der Waals surface area contributed by atoms with E-state index in [2.05, 4.69) is 34.8 Å². The average molecular weight is 290 g/mol. The first-order chi connectivity index (χ1) is 9.58. The fraction of sp³-hybridized carbons (Fsp3) is 0.286. The number of hydrogen-bond acceptors (Lipinski definition) is 5. The number of anilines is 1. The molecule has 0 fully saturated rings. The molecule has 1 amide bonds. The summed E-state index contributed by atoms with van der Waals surface area (Å²) in [6, 6.07) is 7.56. The van der Waals surface area contributed by atoms with Gasteiger partial charge in [0, 0.05) is 28.4 Å². The van der Waals surface area contributed by atoms with Gasteiger partial charge in [-0.15, -0.1) is 11.3 Å². The molecule has 5 nitrogen and oxygen atoms in total. The summed E-state index contributed by atoms with van der Waals surface area (Å²) in [7, 11) is 0. The van der Waals surface area contributed by atoms with Crippen LogP contribution in [0.15, 0.2) is 30.5 Å². The van der Waals surface area contributed by atoms with E-state index in [-0.39, 0.29) is 11.9 Å². The highest BCUT2D eigenvalue weighted by molar-refractivity contribution is 7.11. The number of carbonyl (C=O) groups excluding carboxylic acids is 1. The highest BCUT2D eigenvalue weighted by Crippen LogP contribution is 2.16. The van der Waals surface area contributed by atoms with E-state index in [9.17, 15) is 4.79 Å². The fourth-order valence-electron chi connectivity index (χ4n) is 1.89. The first-order valence-corrected chi connectivity index (χ1v) is 7.19. The largest absolute Gasteiger partial charge is 0.348 e. The molecule has 1 atom stereocenters. The zero-order valence-electron chi connectivity index (χ0n) is 11.5. The summed E-state index contributed by atoms with van der Waals surface area (Å²) in [5.74, 6) is 5.12. The molecule has 0 aromatic carbocycles. The monoisotopic (exact) mass is 290 g/mol. The van der Waals surface area contributed by atoms with Gasteiger partial charge in [0.05, 0.1) is 5.69 Å². The first kappa shape index (κ1) is 14.5. The van der Waals surface area contributed by atoms with Crippen LogP contribution in [0, 0.1) is 6.92 Å². The maximum absolute atomic E-state index is 12.1. The highest BCUT2D eigenvalue weighted by atomic mass is 32.1. The van der Waals surface area contributed by atoms with Crippen molar-refractivity contribution >= 4 is 22.9 Å². The van der Waals surface area contributed by atoms with Gasteiger partial charge in [-0.2, -0.15) is 0 Å². The van der Waals surface area contributed by atoms with Gasteiger partial charge in [-0.25, -0.2) is 0 Å². The Kier molecular flexibility index (Phi) is 4.70. The molecular weight excluding hydrogens is 272 g/mol. The number of nitrogens with two attached hydrogens (primary N) is 1. The molecular formula is C14H18N4OS.